The number of pyridine rings is 1. The van der Waals surface area contributed by atoms with E-state index in [1.807, 2.05) is 26.8 Å². The Hall–Kier alpha value is -1.62. The zero-order chi connectivity index (χ0) is 18.1. The number of hydrogen-bond acceptors (Lipinski definition) is 5. The second kappa shape index (κ2) is 6.71. The van der Waals surface area contributed by atoms with Crippen LogP contribution in [-0.2, 0) is 4.74 Å². The minimum atomic E-state index is -0.308. The summed E-state index contributed by atoms with van der Waals surface area (Å²) in [5.41, 5.74) is 3.08. The number of hydrogen-bond donors (Lipinski definition) is 2. The number of ether oxygens (including phenoxy) is 1. The summed E-state index contributed by atoms with van der Waals surface area (Å²) in [7, 11) is 0. The first-order valence-corrected chi connectivity index (χ1v) is 8.74. The number of carbonyl (C=O) groups is 1. The molecular weight excluding hydrogens is 302 g/mol. The number of aryl methyl sites for hydroxylation is 2. The molecule has 0 spiro atoms. The van der Waals surface area contributed by atoms with Gasteiger partial charge in [-0.2, -0.15) is 0 Å². The highest BCUT2D eigenvalue weighted by molar-refractivity contribution is 5.96. The van der Waals surface area contributed by atoms with Crippen molar-refractivity contribution in [2.24, 2.45) is 0 Å². The van der Waals surface area contributed by atoms with Crippen LogP contribution in [0.3, 0.4) is 0 Å². The van der Waals surface area contributed by atoms with Crippen molar-refractivity contribution in [1.29, 1.82) is 0 Å². The van der Waals surface area contributed by atoms with E-state index in [0.717, 1.165) is 24.2 Å². The van der Waals surface area contributed by atoms with Gasteiger partial charge >= 0.3 is 5.97 Å². The molecule has 0 amide bonds. The lowest BCUT2D eigenvalue weighted by atomic mass is 9.79. The third kappa shape index (κ3) is 4.47. The molecule has 5 heteroatoms. The molecular formula is C19H31N3O2. The van der Waals surface area contributed by atoms with Crippen molar-refractivity contribution in [3.8, 4) is 0 Å². The van der Waals surface area contributed by atoms with Crippen molar-refractivity contribution in [1.82, 2.24) is 10.3 Å². The summed E-state index contributed by atoms with van der Waals surface area (Å²) in [6.07, 6.45) is 1.97. The molecule has 5 nitrogen and oxygen atoms in total. The summed E-state index contributed by atoms with van der Waals surface area (Å²) < 4.78 is 5.23. The maximum atomic E-state index is 12.4. The normalized spacial score (nSPS) is 19.8. The Morgan fingerprint density at radius 1 is 1.29 bits per heavy atom. The molecule has 134 valence electrons. The average Bonchev–Trinajstić information content (AvgIpc) is 2.33. The smallest absolute Gasteiger partial charge is 0.342 e. The Morgan fingerprint density at radius 2 is 1.88 bits per heavy atom. The first kappa shape index (κ1) is 18.7. The van der Waals surface area contributed by atoms with Gasteiger partial charge in [-0.15, -0.1) is 0 Å². The van der Waals surface area contributed by atoms with Gasteiger partial charge in [0, 0.05) is 22.8 Å². The zero-order valence-corrected chi connectivity index (χ0v) is 16.0. The van der Waals surface area contributed by atoms with Crippen molar-refractivity contribution in [3.05, 3.63) is 23.0 Å². The average molecular weight is 333 g/mol. The maximum Gasteiger partial charge on any atom is 0.342 e. The molecule has 0 unspecified atom stereocenters. The zero-order valence-electron chi connectivity index (χ0n) is 16.0. The molecule has 0 aliphatic carbocycles. The summed E-state index contributed by atoms with van der Waals surface area (Å²) in [6.45, 7) is 14.9. The molecule has 1 fully saturated rings. The Kier molecular flexibility index (Phi) is 5.23. The molecule has 24 heavy (non-hydrogen) atoms. The van der Waals surface area contributed by atoms with Crippen molar-refractivity contribution in [2.45, 2.75) is 78.4 Å². The molecule has 1 aromatic heterocycles. The van der Waals surface area contributed by atoms with Crippen LogP contribution in [0.1, 0.15) is 69.2 Å². The number of aromatic nitrogens is 1. The Bertz CT molecular complexity index is 607. The SMILES string of the molecule is CCOC(=O)c1c(NC2CC(C)(C)NC(C)(C)C2)cc(C)nc1C. The number of piperidine rings is 1. The fraction of sp³-hybridized carbons (Fsp3) is 0.684. The predicted molar refractivity (Wildman–Crippen MR) is 97.6 cm³/mol. The fourth-order valence-electron chi connectivity index (χ4n) is 4.05. The van der Waals surface area contributed by atoms with E-state index in [4.69, 9.17) is 4.74 Å². The molecule has 2 N–H and O–H groups in total. The van der Waals surface area contributed by atoms with Crippen LogP contribution in [0.5, 0.6) is 0 Å². The van der Waals surface area contributed by atoms with Crippen molar-refractivity contribution in [3.63, 3.8) is 0 Å². The van der Waals surface area contributed by atoms with Crippen molar-refractivity contribution >= 4 is 11.7 Å². The summed E-state index contributed by atoms with van der Waals surface area (Å²) in [5, 5.41) is 7.29. The minimum absolute atomic E-state index is 0.0423. The van der Waals surface area contributed by atoms with Gasteiger partial charge in [0.25, 0.3) is 0 Å². The molecule has 1 aromatic rings. The van der Waals surface area contributed by atoms with Crippen LogP contribution in [0.15, 0.2) is 6.07 Å². The molecule has 1 aliphatic heterocycles. The van der Waals surface area contributed by atoms with Crippen LogP contribution < -0.4 is 10.6 Å². The summed E-state index contributed by atoms with van der Waals surface area (Å²) >= 11 is 0. The van der Waals surface area contributed by atoms with Crippen LogP contribution >= 0.6 is 0 Å². The van der Waals surface area contributed by atoms with Gasteiger partial charge in [0.1, 0.15) is 5.56 Å². The quantitative estimate of drug-likeness (QED) is 0.824. The van der Waals surface area contributed by atoms with Gasteiger partial charge in [-0.25, -0.2) is 4.79 Å². The van der Waals surface area contributed by atoms with Crippen LogP contribution in [0.4, 0.5) is 5.69 Å². The molecule has 0 saturated carbocycles. The summed E-state index contributed by atoms with van der Waals surface area (Å²) in [5.74, 6) is -0.308. The Labute approximate surface area is 145 Å². The minimum Gasteiger partial charge on any atom is -0.462 e. The molecule has 0 radical (unpaired) electrons. The predicted octanol–water partition coefficient (Wildman–Crippen LogP) is 3.60. The van der Waals surface area contributed by atoms with Crippen molar-refractivity contribution in [2.75, 3.05) is 11.9 Å². The molecule has 1 aliphatic rings. The number of carbonyl (C=O) groups excluding carboxylic acids is 1. The number of anilines is 1. The number of nitrogens with one attached hydrogen (secondary N) is 2. The molecule has 2 rings (SSSR count). The van der Waals surface area contributed by atoms with Gasteiger partial charge in [0.15, 0.2) is 0 Å². The molecule has 1 saturated heterocycles. The van der Waals surface area contributed by atoms with Crippen LogP contribution in [0, 0.1) is 13.8 Å². The van der Waals surface area contributed by atoms with E-state index in [1.54, 1.807) is 0 Å². The second-order valence-electron chi connectivity index (χ2n) is 8.13. The van der Waals surface area contributed by atoms with E-state index in [2.05, 4.69) is 43.3 Å². The largest absolute Gasteiger partial charge is 0.462 e. The van der Waals surface area contributed by atoms with Gasteiger partial charge in [-0.05, 0) is 67.4 Å². The third-order valence-corrected chi connectivity index (χ3v) is 4.36. The van der Waals surface area contributed by atoms with Gasteiger partial charge < -0.3 is 15.4 Å². The van der Waals surface area contributed by atoms with Gasteiger partial charge in [-0.1, -0.05) is 0 Å². The fourth-order valence-corrected chi connectivity index (χ4v) is 4.05. The van der Waals surface area contributed by atoms with Crippen LogP contribution in [0.25, 0.3) is 0 Å². The lowest BCUT2D eigenvalue weighted by Gasteiger charge is -2.47. The van der Waals surface area contributed by atoms with Crippen molar-refractivity contribution < 1.29 is 9.53 Å². The van der Waals surface area contributed by atoms with E-state index in [9.17, 15) is 4.79 Å². The molecule has 0 atom stereocenters. The summed E-state index contributed by atoms with van der Waals surface area (Å²) in [4.78, 5) is 16.8. The number of esters is 1. The summed E-state index contributed by atoms with van der Waals surface area (Å²) in [6, 6.07) is 2.23. The topological polar surface area (TPSA) is 63.2 Å². The third-order valence-electron chi connectivity index (χ3n) is 4.36. The van der Waals surface area contributed by atoms with E-state index in [1.165, 1.54) is 0 Å². The molecule has 0 bridgehead atoms. The highest BCUT2D eigenvalue weighted by Gasteiger charge is 2.38. The van der Waals surface area contributed by atoms with E-state index in [0.29, 0.717) is 17.9 Å². The Balaban J connectivity index is 2.33. The second-order valence-corrected chi connectivity index (χ2v) is 8.13. The van der Waals surface area contributed by atoms with Crippen LogP contribution in [-0.4, -0.2) is 34.7 Å². The lowest BCUT2D eigenvalue weighted by Crippen LogP contribution is -2.60. The highest BCUT2D eigenvalue weighted by Crippen LogP contribution is 2.32. The van der Waals surface area contributed by atoms with E-state index >= 15 is 0 Å². The van der Waals surface area contributed by atoms with Gasteiger partial charge in [0.2, 0.25) is 0 Å². The molecule has 2 heterocycles. The number of nitrogens with zero attached hydrogens (tertiary/aromatic N) is 1. The standard InChI is InChI=1S/C19H31N3O2/c1-8-24-17(23)16-13(3)20-12(2)9-15(16)21-14-10-18(4,5)22-19(6,7)11-14/h9,14,22H,8,10-11H2,1-7H3,(H,20,21). The molecule has 0 aromatic carbocycles. The van der Waals surface area contributed by atoms with Gasteiger partial charge in [-0.3, -0.25) is 4.98 Å². The van der Waals surface area contributed by atoms with E-state index < -0.39 is 0 Å². The highest BCUT2D eigenvalue weighted by atomic mass is 16.5. The van der Waals surface area contributed by atoms with Gasteiger partial charge in [0.05, 0.1) is 18.0 Å². The van der Waals surface area contributed by atoms with Crippen LogP contribution in [0.2, 0.25) is 0 Å². The first-order chi connectivity index (χ1) is 11.0. The first-order valence-electron chi connectivity index (χ1n) is 8.74. The Morgan fingerprint density at radius 3 is 2.42 bits per heavy atom. The number of rotatable bonds is 4. The maximum absolute atomic E-state index is 12.4. The van der Waals surface area contributed by atoms with E-state index in [-0.39, 0.29) is 23.1 Å². The lowest BCUT2D eigenvalue weighted by molar-refractivity contribution is 0.0526. The monoisotopic (exact) mass is 333 g/mol.